The predicted molar refractivity (Wildman–Crippen MR) is 86.2 cm³/mol. The molecule has 0 fully saturated rings. The van der Waals surface area contributed by atoms with Crippen molar-refractivity contribution < 1.29 is 14.3 Å². The number of aromatic carboxylic acids is 1. The molecule has 0 radical (unpaired) electrons. The number of nitrogens with one attached hydrogen (secondary N) is 1. The minimum Gasteiger partial charge on any atom is -0.478 e. The summed E-state index contributed by atoms with van der Waals surface area (Å²) in [5.74, 6) is -0.718. The molecule has 0 unspecified atom stereocenters. The Kier molecular flexibility index (Phi) is 3.18. The summed E-state index contributed by atoms with van der Waals surface area (Å²) in [6.45, 7) is 0. The predicted octanol–water partition coefficient (Wildman–Crippen LogP) is 4.35. The molecule has 2 N–H and O–H groups in total. The van der Waals surface area contributed by atoms with Gasteiger partial charge in [0.05, 0.1) is 11.6 Å². The van der Waals surface area contributed by atoms with Crippen molar-refractivity contribution in [3.05, 3.63) is 77.1 Å². The number of hydrogen-bond acceptors (Lipinski definition) is 2. The molecule has 0 saturated heterocycles. The van der Waals surface area contributed by atoms with Gasteiger partial charge in [-0.1, -0.05) is 24.3 Å². The molecule has 0 aromatic heterocycles. The molecule has 0 amide bonds. The van der Waals surface area contributed by atoms with Crippen LogP contribution in [0.25, 0.3) is 0 Å². The first-order valence-corrected chi connectivity index (χ1v) is 7.69. The Morgan fingerprint density at radius 2 is 2.09 bits per heavy atom. The molecule has 0 saturated carbocycles. The van der Waals surface area contributed by atoms with Crippen molar-refractivity contribution in [1.82, 2.24) is 0 Å². The third kappa shape index (κ3) is 2.31. The summed E-state index contributed by atoms with van der Waals surface area (Å²) in [4.78, 5) is 11.2. The second-order valence-corrected chi connectivity index (χ2v) is 6.14. The van der Waals surface area contributed by atoms with Crippen molar-refractivity contribution in [2.24, 2.45) is 5.92 Å². The Morgan fingerprint density at radius 1 is 1.22 bits per heavy atom. The SMILES string of the molecule is O=C(O)c1ccc2c(c1)[C@@H]1C=CC[C@H]1[C@@H](c1cccc(F)c1)N2. The topological polar surface area (TPSA) is 49.3 Å². The molecular formula is C19H16FNO2. The molecule has 116 valence electrons. The number of allylic oxidation sites excluding steroid dienone is 2. The van der Waals surface area contributed by atoms with E-state index < -0.39 is 5.97 Å². The molecule has 1 aliphatic heterocycles. The van der Waals surface area contributed by atoms with E-state index >= 15 is 0 Å². The molecule has 4 rings (SSSR count). The quantitative estimate of drug-likeness (QED) is 0.811. The first-order chi connectivity index (χ1) is 11.1. The van der Waals surface area contributed by atoms with Gasteiger partial charge in [0, 0.05) is 11.6 Å². The zero-order chi connectivity index (χ0) is 16.0. The molecule has 2 aliphatic rings. The fraction of sp³-hybridized carbons (Fsp3) is 0.211. The smallest absolute Gasteiger partial charge is 0.335 e. The highest BCUT2D eigenvalue weighted by Crippen LogP contribution is 2.49. The van der Waals surface area contributed by atoms with Gasteiger partial charge in [0.15, 0.2) is 0 Å². The molecule has 0 spiro atoms. The number of anilines is 1. The fourth-order valence-electron chi connectivity index (χ4n) is 3.76. The summed E-state index contributed by atoms with van der Waals surface area (Å²) in [5, 5.41) is 12.7. The van der Waals surface area contributed by atoms with Crippen molar-refractivity contribution in [1.29, 1.82) is 0 Å². The summed E-state index contributed by atoms with van der Waals surface area (Å²) in [7, 11) is 0. The minimum atomic E-state index is -0.918. The van der Waals surface area contributed by atoms with Crippen LogP contribution in [0.1, 0.15) is 39.9 Å². The second-order valence-electron chi connectivity index (χ2n) is 6.14. The van der Waals surface area contributed by atoms with E-state index in [-0.39, 0.29) is 23.7 Å². The standard InChI is InChI=1S/C19H16FNO2/c20-13-4-1-3-11(9-13)18-15-6-2-5-14(15)16-10-12(19(22)23)7-8-17(16)21-18/h1-5,7-10,14-15,18,21H,6H2,(H,22,23)/t14-,15-,18-/m1/s1. The van der Waals surface area contributed by atoms with Crippen LogP contribution in [0.3, 0.4) is 0 Å². The van der Waals surface area contributed by atoms with Gasteiger partial charge in [-0.25, -0.2) is 9.18 Å². The molecule has 1 aliphatic carbocycles. The maximum atomic E-state index is 13.6. The Hall–Kier alpha value is -2.62. The van der Waals surface area contributed by atoms with Crippen LogP contribution in [0.4, 0.5) is 10.1 Å². The van der Waals surface area contributed by atoms with Gasteiger partial charge in [0.25, 0.3) is 0 Å². The van der Waals surface area contributed by atoms with Crippen molar-refractivity contribution in [3.8, 4) is 0 Å². The zero-order valence-corrected chi connectivity index (χ0v) is 12.4. The van der Waals surface area contributed by atoms with Crippen LogP contribution in [-0.2, 0) is 0 Å². The zero-order valence-electron chi connectivity index (χ0n) is 12.4. The average molecular weight is 309 g/mol. The van der Waals surface area contributed by atoms with E-state index in [1.807, 2.05) is 12.1 Å². The molecule has 1 heterocycles. The van der Waals surface area contributed by atoms with Gasteiger partial charge in [-0.15, -0.1) is 0 Å². The number of fused-ring (bicyclic) bond motifs is 3. The molecule has 0 bridgehead atoms. The minimum absolute atomic E-state index is 0.0221. The van der Waals surface area contributed by atoms with Crippen LogP contribution in [0.2, 0.25) is 0 Å². The van der Waals surface area contributed by atoms with Gasteiger partial charge in [0.2, 0.25) is 0 Å². The monoisotopic (exact) mass is 309 g/mol. The third-order valence-electron chi connectivity index (χ3n) is 4.82. The third-order valence-corrected chi connectivity index (χ3v) is 4.82. The second kappa shape index (κ2) is 5.23. The highest BCUT2D eigenvalue weighted by molar-refractivity contribution is 5.89. The number of rotatable bonds is 2. The van der Waals surface area contributed by atoms with E-state index in [9.17, 15) is 14.3 Å². The van der Waals surface area contributed by atoms with E-state index in [0.717, 1.165) is 23.2 Å². The van der Waals surface area contributed by atoms with E-state index in [2.05, 4.69) is 17.5 Å². The molecular weight excluding hydrogens is 293 g/mol. The van der Waals surface area contributed by atoms with Crippen molar-refractivity contribution in [2.45, 2.75) is 18.4 Å². The molecule has 4 heteroatoms. The summed E-state index contributed by atoms with van der Waals surface area (Å²) in [6, 6.07) is 11.9. The number of benzene rings is 2. The molecule has 3 atom stereocenters. The number of carbonyl (C=O) groups is 1. The Balaban J connectivity index is 1.79. The van der Waals surface area contributed by atoms with E-state index in [1.54, 1.807) is 24.3 Å². The summed E-state index contributed by atoms with van der Waals surface area (Å²) in [6.07, 6.45) is 5.17. The maximum Gasteiger partial charge on any atom is 0.335 e. The summed E-state index contributed by atoms with van der Waals surface area (Å²) in [5.41, 5.74) is 3.17. The maximum absolute atomic E-state index is 13.6. The van der Waals surface area contributed by atoms with Crippen LogP contribution in [-0.4, -0.2) is 11.1 Å². The van der Waals surface area contributed by atoms with Gasteiger partial charge in [-0.2, -0.15) is 0 Å². The number of carboxylic acids is 1. The van der Waals surface area contributed by atoms with Crippen LogP contribution in [0, 0.1) is 11.7 Å². The van der Waals surface area contributed by atoms with Crippen LogP contribution >= 0.6 is 0 Å². The van der Waals surface area contributed by atoms with Gasteiger partial charge >= 0.3 is 5.97 Å². The fourth-order valence-corrected chi connectivity index (χ4v) is 3.76. The lowest BCUT2D eigenvalue weighted by atomic mass is 9.76. The Bertz CT molecular complexity index is 815. The molecule has 23 heavy (non-hydrogen) atoms. The average Bonchev–Trinajstić information content (AvgIpc) is 3.03. The molecule has 2 aromatic rings. The lowest BCUT2D eigenvalue weighted by Gasteiger charge is -2.37. The lowest BCUT2D eigenvalue weighted by Crippen LogP contribution is -2.29. The first-order valence-electron chi connectivity index (χ1n) is 7.69. The number of carboxylic acid groups (broad SMARTS) is 1. The normalized spacial score (nSPS) is 24.7. The van der Waals surface area contributed by atoms with Gasteiger partial charge in [-0.05, 0) is 53.8 Å². The van der Waals surface area contributed by atoms with Gasteiger partial charge in [0.1, 0.15) is 5.82 Å². The van der Waals surface area contributed by atoms with Crippen molar-refractivity contribution >= 4 is 11.7 Å². The lowest BCUT2D eigenvalue weighted by molar-refractivity contribution is 0.0696. The summed E-state index contributed by atoms with van der Waals surface area (Å²) >= 11 is 0. The summed E-state index contributed by atoms with van der Waals surface area (Å²) < 4.78 is 13.6. The Labute approximate surface area is 133 Å². The van der Waals surface area contributed by atoms with Crippen LogP contribution < -0.4 is 5.32 Å². The molecule has 2 aromatic carbocycles. The van der Waals surface area contributed by atoms with E-state index in [4.69, 9.17) is 0 Å². The van der Waals surface area contributed by atoms with Gasteiger partial charge in [-0.3, -0.25) is 0 Å². The molecule has 3 nitrogen and oxygen atoms in total. The van der Waals surface area contributed by atoms with Crippen molar-refractivity contribution in [3.63, 3.8) is 0 Å². The highest BCUT2D eigenvalue weighted by Gasteiger charge is 2.38. The number of halogens is 1. The van der Waals surface area contributed by atoms with E-state index in [0.29, 0.717) is 5.56 Å². The van der Waals surface area contributed by atoms with E-state index in [1.165, 1.54) is 6.07 Å². The van der Waals surface area contributed by atoms with Crippen LogP contribution in [0.5, 0.6) is 0 Å². The highest BCUT2D eigenvalue weighted by atomic mass is 19.1. The number of hydrogen-bond donors (Lipinski definition) is 2. The first kappa shape index (κ1) is 14.0. The Morgan fingerprint density at radius 3 is 2.87 bits per heavy atom. The van der Waals surface area contributed by atoms with Gasteiger partial charge < -0.3 is 10.4 Å². The largest absolute Gasteiger partial charge is 0.478 e. The van der Waals surface area contributed by atoms with Crippen molar-refractivity contribution in [2.75, 3.05) is 5.32 Å². The van der Waals surface area contributed by atoms with Crippen LogP contribution in [0.15, 0.2) is 54.6 Å².